The van der Waals surface area contributed by atoms with Crippen LogP contribution in [0.5, 0.6) is 5.75 Å². The molecule has 0 aliphatic carbocycles. The maximum Gasteiger partial charge on any atom is 0.277 e. The van der Waals surface area contributed by atoms with Crippen LogP contribution in [0.4, 0.5) is 0 Å². The van der Waals surface area contributed by atoms with Crippen molar-refractivity contribution in [1.82, 2.24) is 23.9 Å². The topological polar surface area (TPSA) is 150 Å². The zero-order valence-electron chi connectivity index (χ0n) is 20.8. The van der Waals surface area contributed by atoms with Crippen molar-refractivity contribution in [2.75, 3.05) is 26.3 Å². The smallest absolute Gasteiger partial charge is 0.277 e. The summed E-state index contributed by atoms with van der Waals surface area (Å²) in [5.41, 5.74) is 0.926. The number of benzene rings is 1. The number of piperidine rings is 1. The molecule has 1 atom stereocenters. The molecule has 3 heterocycles. The van der Waals surface area contributed by atoms with Crippen LogP contribution in [0.2, 0.25) is 0 Å². The molecule has 3 aromatic rings. The van der Waals surface area contributed by atoms with E-state index in [9.17, 15) is 23.4 Å². The summed E-state index contributed by atoms with van der Waals surface area (Å²) in [7, 11) is -3.85. The summed E-state index contributed by atoms with van der Waals surface area (Å²) >= 11 is 0. The highest BCUT2D eigenvalue weighted by Gasteiger charge is 2.32. The first-order valence-corrected chi connectivity index (χ1v) is 13.7. The van der Waals surface area contributed by atoms with Crippen LogP contribution >= 0.6 is 0 Å². The Kier molecular flexibility index (Phi) is 7.79. The zero-order valence-corrected chi connectivity index (χ0v) is 21.6. The normalized spacial score (nSPS) is 16.5. The average molecular weight is 520 g/mol. The fourth-order valence-electron chi connectivity index (χ4n) is 4.68. The first kappa shape index (κ1) is 26.3. The number of ether oxygens (including phenoxy) is 1. The molecular formula is C24H33N5O6S. The lowest BCUT2D eigenvalue weighted by atomic mass is 9.93. The van der Waals surface area contributed by atoms with Gasteiger partial charge < -0.3 is 19.9 Å². The van der Waals surface area contributed by atoms with E-state index in [2.05, 4.69) is 15.1 Å². The second kappa shape index (κ2) is 10.7. The van der Waals surface area contributed by atoms with Gasteiger partial charge in [-0.3, -0.25) is 4.79 Å². The van der Waals surface area contributed by atoms with Crippen LogP contribution < -0.4 is 10.3 Å². The number of fused-ring (bicyclic) bond motifs is 1. The highest BCUT2D eigenvalue weighted by molar-refractivity contribution is 7.89. The summed E-state index contributed by atoms with van der Waals surface area (Å²) in [6, 6.07) is 4.53. The van der Waals surface area contributed by atoms with E-state index < -0.39 is 16.1 Å². The zero-order chi connectivity index (χ0) is 26.0. The number of imidazole rings is 1. The summed E-state index contributed by atoms with van der Waals surface area (Å²) < 4.78 is 35.6. The van der Waals surface area contributed by atoms with Crippen LogP contribution in [-0.4, -0.2) is 74.9 Å². The van der Waals surface area contributed by atoms with Crippen molar-refractivity contribution in [3.05, 3.63) is 40.1 Å². The van der Waals surface area contributed by atoms with Gasteiger partial charge in [0.1, 0.15) is 11.6 Å². The highest BCUT2D eigenvalue weighted by atomic mass is 32.2. The third-order valence-corrected chi connectivity index (χ3v) is 8.48. The molecule has 0 amide bonds. The van der Waals surface area contributed by atoms with Gasteiger partial charge in [-0.05, 0) is 57.2 Å². The summed E-state index contributed by atoms with van der Waals surface area (Å²) in [5, 5.41) is 23.7. The molecule has 4 rings (SSSR count). The van der Waals surface area contributed by atoms with Crippen molar-refractivity contribution < 1.29 is 23.4 Å². The van der Waals surface area contributed by atoms with Gasteiger partial charge in [0.05, 0.1) is 35.5 Å². The Balaban J connectivity index is 1.76. The van der Waals surface area contributed by atoms with E-state index in [1.54, 1.807) is 13.0 Å². The molecule has 0 unspecified atom stereocenters. The number of aromatic nitrogens is 4. The molecule has 2 aromatic heterocycles. The van der Waals surface area contributed by atoms with E-state index >= 15 is 0 Å². The molecular weight excluding hydrogens is 486 g/mol. The number of hydrogen-bond acceptors (Lipinski definition) is 8. The number of aliphatic hydroxyl groups excluding tert-OH is 2. The molecule has 0 saturated carbocycles. The maximum absolute atomic E-state index is 13.5. The number of hydrogen-bond donors (Lipinski definition) is 3. The van der Waals surface area contributed by atoms with E-state index in [0.29, 0.717) is 54.2 Å². The van der Waals surface area contributed by atoms with Crippen molar-refractivity contribution in [3.8, 4) is 17.1 Å². The average Bonchev–Trinajstić information content (AvgIpc) is 3.19. The van der Waals surface area contributed by atoms with Crippen molar-refractivity contribution in [3.63, 3.8) is 0 Å². The molecule has 1 aliphatic heterocycles. The monoisotopic (exact) mass is 519 g/mol. The molecule has 36 heavy (non-hydrogen) atoms. The van der Waals surface area contributed by atoms with Gasteiger partial charge in [-0.15, -0.1) is 5.10 Å². The minimum atomic E-state index is -3.85. The molecule has 1 fully saturated rings. The van der Waals surface area contributed by atoms with Crippen LogP contribution in [-0.2, 0) is 16.4 Å². The van der Waals surface area contributed by atoms with Gasteiger partial charge in [-0.2, -0.15) is 4.31 Å². The van der Waals surface area contributed by atoms with Crippen LogP contribution in [0.15, 0.2) is 27.9 Å². The Labute approximate surface area is 209 Å². The molecule has 0 spiro atoms. The fraction of sp³-hybridized carbons (Fsp3) is 0.542. The highest BCUT2D eigenvalue weighted by Crippen LogP contribution is 2.33. The molecule has 1 saturated heterocycles. The molecule has 0 radical (unpaired) electrons. The summed E-state index contributed by atoms with van der Waals surface area (Å²) in [6.07, 6.45) is 1.52. The molecule has 3 N–H and O–H groups in total. The van der Waals surface area contributed by atoms with Crippen LogP contribution in [0.1, 0.15) is 44.6 Å². The number of aliphatic hydroxyl groups is 2. The maximum atomic E-state index is 13.5. The van der Waals surface area contributed by atoms with Gasteiger partial charge in [-0.25, -0.2) is 17.9 Å². The Morgan fingerprint density at radius 3 is 2.61 bits per heavy atom. The molecule has 11 nitrogen and oxygen atoms in total. The Hall–Kier alpha value is -2.80. The number of nitrogens with zero attached hydrogens (tertiary/aromatic N) is 4. The molecule has 1 aliphatic rings. The lowest BCUT2D eigenvalue weighted by molar-refractivity contribution is 0.0278. The van der Waals surface area contributed by atoms with Gasteiger partial charge in [0, 0.05) is 19.5 Å². The standard InChI is InChI=1S/C24H33N5O6S/c1-4-6-21-25-15(3)22-24(32)26-23(27-29(21)22)18-13-17(7-8-20(18)35-5-2)36(33,34)28-11-9-16(10-12-28)19(31)14-30/h7-8,13,16,19,30-31H,4-6,9-12,14H2,1-3H3,(H,26,27,32)/t19-/m0/s1. The molecule has 12 heteroatoms. The second-order valence-electron chi connectivity index (χ2n) is 9.01. The number of nitrogens with one attached hydrogen (secondary N) is 1. The van der Waals surface area contributed by atoms with Crippen molar-refractivity contribution in [2.24, 2.45) is 5.92 Å². The first-order valence-electron chi connectivity index (χ1n) is 12.3. The summed E-state index contributed by atoms with van der Waals surface area (Å²) in [4.78, 5) is 20.3. The Morgan fingerprint density at radius 2 is 1.97 bits per heavy atom. The molecule has 0 bridgehead atoms. The van der Waals surface area contributed by atoms with E-state index in [4.69, 9.17) is 4.74 Å². The summed E-state index contributed by atoms with van der Waals surface area (Å²) in [6.45, 7) is 6.07. The second-order valence-corrected chi connectivity index (χ2v) is 10.9. The van der Waals surface area contributed by atoms with Crippen molar-refractivity contribution in [1.29, 1.82) is 0 Å². The third kappa shape index (κ3) is 4.90. The number of aromatic amines is 1. The molecule has 196 valence electrons. The number of H-pyrrole nitrogens is 1. The predicted molar refractivity (Wildman–Crippen MR) is 134 cm³/mol. The van der Waals surface area contributed by atoms with E-state index in [-0.39, 0.29) is 41.9 Å². The van der Waals surface area contributed by atoms with Gasteiger partial charge in [-0.1, -0.05) is 6.92 Å². The van der Waals surface area contributed by atoms with Gasteiger partial charge in [0.15, 0.2) is 11.3 Å². The van der Waals surface area contributed by atoms with E-state index in [0.717, 1.165) is 6.42 Å². The van der Waals surface area contributed by atoms with Crippen molar-refractivity contribution in [2.45, 2.75) is 57.5 Å². The van der Waals surface area contributed by atoms with E-state index in [1.165, 1.54) is 21.0 Å². The van der Waals surface area contributed by atoms with Gasteiger partial charge >= 0.3 is 0 Å². The molecule has 1 aromatic carbocycles. The third-order valence-electron chi connectivity index (χ3n) is 6.59. The van der Waals surface area contributed by atoms with E-state index in [1.807, 2.05) is 13.8 Å². The largest absolute Gasteiger partial charge is 0.493 e. The van der Waals surface area contributed by atoms with Crippen LogP contribution in [0.3, 0.4) is 0 Å². The van der Waals surface area contributed by atoms with Gasteiger partial charge in [0.2, 0.25) is 10.0 Å². The number of sulfonamides is 1. The Morgan fingerprint density at radius 1 is 1.25 bits per heavy atom. The minimum absolute atomic E-state index is 0.0560. The Bertz CT molecular complexity index is 1390. The summed E-state index contributed by atoms with van der Waals surface area (Å²) in [5.74, 6) is 1.10. The minimum Gasteiger partial charge on any atom is -0.493 e. The van der Waals surface area contributed by atoms with Crippen molar-refractivity contribution >= 4 is 15.5 Å². The number of rotatable bonds is 9. The number of aryl methyl sites for hydroxylation is 2. The quantitative estimate of drug-likeness (QED) is 0.385. The van der Waals surface area contributed by atoms with Crippen LogP contribution in [0.25, 0.3) is 16.9 Å². The first-order chi connectivity index (χ1) is 17.2. The predicted octanol–water partition coefficient (Wildman–Crippen LogP) is 1.50. The van der Waals surface area contributed by atoms with Crippen LogP contribution in [0, 0.1) is 12.8 Å². The fourth-order valence-corrected chi connectivity index (χ4v) is 6.17. The SMILES string of the molecule is CCCc1nc(C)c2c(=O)[nH]c(-c3cc(S(=O)(=O)N4CCC([C@@H](O)CO)CC4)ccc3OCC)nn12. The lowest BCUT2D eigenvalue weighted by Crippen LogP contribution is -2.41. The lowest BCUT2D eigenvalue weighted by Gasteiger charge is -2.33. The van der Waals surface area contributed by atoms with Gasteiger partial charge in [0.25, 0.3) is 5.56 Å².